The van der Waals surface area contributed by atoms with Crippen LogP contribution >= 0.6 is 12.4 Å². The van der Waals surface area contributed by atoms with Gasteiger partial charge in [0.15, 0.2) is 0 Å². The van der Waals surface area contributed by atoms with Crippen LogP contribution in [0.15, 0.2) is 0 Å². The summed E-state index contributed by atoms with van der Waals surface area (Å²) in [5.41, 5.74) is 5.51. The molecule has 0 aromatic rings. The number of nitrogens with two attached hydrogens (primary N) is 1. The molecular formula is C17H33ClN2O2. The number of hydrogen-bond acceptors (Lipinski definition) is 3. The number of nitrogens with one attached hydrogen (secondary N) is 1. The molecule has 2 rings (SSSR count). The third-order valence-electron chi connectivity index (χ3n) is 5.86. The van der Waals surface area contributed by atoms with E-state index in [1.165, 1.54) is 32.1 Å². The number of carbonyl (C=O) groups excluding carboxylic acids is 1. The van der Waals surface area contributed by atoms with Crippen LogP contribution < -0.4 is 11.1 Å². The summed E-state index contributed by atoms with van der Waals surface area (Å²) in [6, 6.07) is 0.229. The first-order valence-corrected chi connectivity index (χ1v) is 8.68. The van der Waals surface area contributed by atoms with E-state index in [1.54, 1.807) is 0 Å². The number of amides is 1. The van der Waals surface area contributed by atoms with Gasteiger partial charge < -0.3 is 15.8 Å². The Kier molecular flexibility index (Phi) is 8.15. The first-order chi connectivity index (χ1) is 10.1. The third-order valence-corrected chi connectivity index (χ3v) is 5.86. The molecule has 1 amide bonds. The standard InChI is InChI=1S/C17H32N2O2.ClH/c1-13(15-6-4-3-5-7-15)14(2)19-16(20)17(12-18)8-10-21-11-9-17;/h13-15H,3-12,18H2,1-2H3,(H,19,20);1H. The van der Waals surface area contributed by atoms with Crippen molar-refractivity contribution in [3.05, 3.63) is 0 Å². The van der Waals surface area contributed by atoms with E-state index >= 15 is 0 Å². The molecule has 0 radical (unpaired) electrons. The zero-order valence-electron chi connectivity index (χ0n) is 14.1. The lowest BCUT2D eigenvalue weighted by atomic mass is 9.76. The van der Waals surface area contributed by atoms with Gasteiger partial charge in [0.05, 0.1) is 5.41 Å². The van der Waals surface area contributed by atoms with Crippen LogP contribution in [0, 0.1) is 17.3 Å². The van der Waals surface area contributed by atoms with E-state index in [-0.39, 0.29) is 24.4 Å². The second-order valence-electron chi connectivity index (χ2n) is 7.12. The second-order valence-corrected chi connectivity index (χ2v) is 7.12. The molecule has 3 N–H and O–H groups in total. The van der Waals surface area contributed by atoms with Gasteiger partial charge in [-0.15, -0.1) is 12.4 Å². The van der Waals surface area contributed by atoms with E-state index in [1.807, 2.05) is 0 Å². The minimum Gasteiger partial charge on any atom is -0.381 e. The normalized spacial score (nSPS) is 24.9. The van der Waals surface area contributed by atoms with Crippen molar-refractivity contribution in [3.63, 3.8) is 0 Å². The van der Waals surface area contributed by atoms with Crippen molar-refractivity contribution >= 4 is 18.3 Å². The number of ether oxygens (including phenoxy) is 1. The van der Waals surface area contributed by atoms with Crippen molar-refractivity contribution in [3.8, 4) is 0 Å². The summed E-state index contributed by atoms with van der Waals surface area (Å²) in [5.74, 6) is 1.45. The molecule has 1 aliphatic carbocycles. The van der Waals surface area contributed by atoms with Crippen LogP contribution in [-0.2, 0) is 9.53 Å². The maximum Gasteiger partial charge on any atom is 0.227 e. The van der Waals surface area contributed by atoms with Gasteiger partial charge in [-0.25, -0.2) is 0 Å². The number of carbonyl (C=O) groups is 1. The van der Waals surface area contributed by atoms with E-state index in [4.69, 9.17) is 10.5 Å². The van der Waals surface area contributed by atoms with Crippen LogP contribution in [0.1, 0.15) is 58.8 Å². The average Bonchev–Trinajstić information content (AvgIpc) is 2.55. The van der Waals surface area contributed by atoms with Gasteiger partial charge in [-0.3, -0.25) is 4.79 Å². The number of hydrogen-bond donors (Lipinski definition) is 2. The molecule has 4 nitrogen and oxygen atoms in total. The quantitative estimate of drug-likeness (QED) is 0.813. The zero-order chi connectivity index (χ0) is 15.3. The van der Waals surface area contributed by atoms with Gasteiger partial charge in [0.25, 0.3) is 0 Å². The molecule has 130 valence electrons. The van der Waals surface area contributed by atoms with Crippen LogP contribution in [-0.4, -0.2) is 31.7 Å². The Morgan fingerprint density at radius 2 is 1.82 bits per heavy atom. The molecule has 2 unspecified atom stereocenters. The Labute approximate surface area is 141 Å². The molecule has 0 aromatic carbocycles. The summed E-state index contributed by atoms with van der Waals surface area (Å²) in [4.78, 5) is 12.7. The highest BCUT2D eigenvalue weighted by Gasteiger charge is 2.40. The van der Waals surface area contributed by atoms with Gasteiger partial charge in [0.2, 0.25) is 5.91 Å². The highest BCUT2D eigenvalue weighted by molar-refractivity contribution is 5.85. The maximum atomic E-state index is 12.7. The smallest absolute Gasteiger partial charge is 0.227 e. The largest absolute Gasteiger partial charge is 0.381 e. The summed E-state index contributed by atoms with van der Waals surface area (Å²) < 4.78 is 5.39. The lowest BCUT2D eigenvalue weighted by Crippen LogP contribution is -2.53. The van der Waals surface area contributed by atoms with Crippen molar-refractivity contribution < 1.29 is 9.53 Å². The predicted octanol–water partition coefficient (Wildman–Crippen LogP) is 2.88. The molecule has 1 saturated carbocycles. The average molecular weight is 333 g/mol. The first kappa shape index (κ1) is 19.7. The molecule has 2 fully saturated rings. The van der Waals surface area contributed by atoms with Crippen LogP contribution in [0.5, 0.6) is 0 Å². The first-order valence-electron chi connectivity index (χ1n) is 8.68. The lowest BCUT2D eigenvalue weighted by Gasteiger charge is -2.38. The monoisotopic (exact) mass is 332 g/mol. The van der Waals surface area contributed by atoms with E-state index in [9.17, 15) is 4.79 Å². The topological polar surface area (TPSA) is 64.4 Å². The molecule has 22 heavy (non-hydrogen) atoms. The SMILES string of the molecule is CC(NC(=O)C1(CN)CCOCC1)C(C)C1CCCCC1.Cl. The van der Waals surface area contributed by atoms with Crippen LogP contribution in [0.2, 0.25) is 0 Å². The van der Waals surface area contributed by atoms with Crippen molar-refractivity contribution in [2.75, 3.05) is 19.8 Å². The predicted molar refractivity (Wildman–Crippen MR) is 92.1 cm³/mol. The Balaban J connectivity index is 0.00000242. The van der Waals surface area contributed by atoms with Crippen molar-refractivity contribution in [2.24, 2.45) is 23.0 Å². The van der Waals surface area contributed by atoms with E-state index in [2.05, 4.69) is 19.2 Å². The second kappa shape index (κ2) is 9.09. The van der Waals surface area contributed by atoms with Crippen LogP contribution in [0.3, 0.4) is 0 Å². The van der Waals surface area contributed by atoms with Crippen LogP contribution in [0.25, 0.3) is 0 Å². The molecule has 1 heterocycles. The Morgan fingerprint density at radius 1 is 1.23 bits per heavy atom. The number of rotatable bonds is 5. The van der Waals surface area contributed by atoms with E-state index in [0.717, 1.165) is 18.8 Å². The van der Waals surface area contributed by atoms with E-state index < -0.39 is 5.41 Å². The van der Waals surface area contributed by atoms with Gasteiger partial charge in [0, 0.05) is 25.8 Å². The summed E-state index contributed by atoms with van der Waals surface area (Å²) in [7, 11) is 0. The molecule has 2 atom stereocenters. The molecule has 2 aliphatic rings. The van der Waals surface area contributed by atoms with Gasteiger partial charge in [-0.05, 0) is 31.6 Å². The molecule has 5 heteroatoms. The minimum atomic E-state index is -0.404. The highest BCUT2D eigenvalue weighted by Crippen LogP contribution is 2.33. The molecule has 0 bridgehead atoms. The van der Waals surface area contributed by atoms with Crippen molar-refractivity contribution in [1.29, 1.82) is 0 Å². The molecular weight excluding hydrogens is 300 g/mol. The Morgan fingerprint density at radius 3 is 2.36 bits per heavy atom. The van der Waals surface area contributed by atoms with Crippen molar-refractivity contribution in [1.82, 2.24) is 5.32 Å². The van der Waals surface area contributed by atoms with Crippen molar-refractivity contribution in [2.45, 2.75) is 64.8 Å². The minimum absolute atomic E-state index is 0. The Hall–Kier alpha value is -0.320. The molecule has 0 spiro atoms. The fourth-order valence-corrected chi connectivity index (χ4v) is 3.85. The third kappa shape index (κ3) is 4.59. The van der Waals surface area contributed by atoms with Gasteiger partial charge >= 0.3 is 0 Å². The fourth-order valence-electron chi connectivity index (χ4n) is 3.85. The van der Waals surface area contributed by atoms with Gasteiger partial charge in [-0.2, -0.15) is 0 Å². The maximum absolute atomic E-state index is 12.7. The molecule has 1 aliphatic heterocycles. The summed E-state index contributed by atoms with van der Waals surface area (Å²) >= 11 is 0. The van der Waals surface area contributed by atoms with E-state index in [0.29, 0.717) is 25.7 Å². The molecule has 1 saturated heterocycles. The Bertz CT molecular complexity index is 340. The summed E-state index contributed by atoms with van der Waals surface area (Å²) in [6.45, 7) is 6.17. The van der Waals surface area contributed by atoms with Gasteiger partial charge in [-0.1, -0.05) is 39.0 Å². The molecule has 0 aromatic heterocycles. The summed E-state index contributed by atoms with van der Waals surface area (Å²) in [6.07, 6.45) is 8.20. The van der Waals surface area contributed by atoms with Gasteiger partial charge in [0.1, 0.15) is 0 Å². The zero-order valence-corrected chi connectivity index (χ0v) is 14.9. The number of halogens is 1. The lowest BCUT2D eigenvalue weighted by molar-refractivity contribution is -0.137. The van der Waals surface area contributed by atoms with Crippen LogP contribution in [0.4, 0.5) is 0 Å². The fraction of sp³-hybridized carbons (Fsp3) is 0.941. The highest BCUT2D eigenvalue weighted by atomic mass is 35.5. The summed E-state index contributed by atoms with van der Waals surface area (Å²) in [5, 5.41) is 3.26.